The summed E-state index contributed by atoms with van der Waals surface area (Å²) in [4.78, 5) is 0. The van der Waals surface area contributed by atoms with Crippen molar-refractivity contribution in [1.82, 2.24) is 0 Å². The van der Waals surface area contributed by atoms with Crippen LogP contribution in [0.15, 0.2) is 0 Å². The summed E-state index contributed by atoms with van der Waals surface area (Å²) < 4.78 is 14.8. The zero-order chi connectivity index (χ0) is 19.9. The molecule has 2 rings (SSSR count). The van der Waals surface area contributed by atoms with Crippen molar-refractivity contribution < 1.29 is 65.3 Å². The molecule has 0 aromatic carbocycles. The molecule has 0 aromatic rings. The molecule has 26 heavy (non-hydrogen) atoms. The minimum atomic E-state index is -2.64. The molecule has 2 saturated heterocycles. The number of aliphatic hydroxyl groups is 10. The van der Waals surface area contributed by atoms with Crippen molar-refractivity contribution in [3.8, 4) is 0 Å². The molecule has 10 N–H and O–H groups in total. The molecule has 2 fully saturated rings. The Hall–Kier alpha value is -0.520. The first-order chi connectivity index (χ1) is 12.0. The second kappa shape index (κ2) is 7.84. The van der Waals surface area contributed by atoms with Crippen molar-refractivity contribution >= 4 is 0 Å². The van der Waals surface area contributed by atoms with Gasteiger partial charge in [-0.05, 0) is 0 Å². The maximum Gasteiger partial charge on any atom is 0.221 e. The maximum absolute atomic E-state index is 9.92. The van der Waals surface area contributed by atoms with Gasteiger partial charge in [-0.25, -0.2) is 0 Å². The predicted octanol–water partition coefficient (Wildman–Crippen LogP) is -6.71. The van der Waals surface area contributed by atoms with Crippen LogP contribution in [0.25, 0.3) is 0 Å². The van der Waals surface area contributed by atoms with Crippen LogP contribution < -0.4 is 0 Å². The van der Waals surface area contributed by atoms with Gasteiger partial charge in [0.25, 0.3) is 0 Å². The van der Waals surface area contributed by atoms with Gasteiger partial charge >= 0.3 is 0 Å². The van der Waals surface area contributed by atoms with Crippen LogP contribution in [0.3, 0.4) is 0 Å². The van der Waals surface area contributed by atoms with Gasteiger partial charge in [0.05, 0.1) is 19.8 Å². The van der Waals surface area contributed by atoms with Crippen LogP contribution in [0.4, 0.5) is 0 Å². The molecule has 0 amide bonds. The molecule has 2 heterocycles. The third-order valence-electron chi connectivity index (χ3n) is 4.48. The first kappa shape index (κ1) is 21.8. The first-order valence-electron chi connectivity index (χ1n) is 7.73. The van der Waals surface area contributed by atoms with E-state index in [2.05, 4.69) is 0 Å². The minimum Gasteiger partial charge on any atom is -0.391 e. The zero-order valence-electron chi connectivity index (χ0n) is 13.4. The van der Waals surface area contributed by atoms with Gasteiger partial charge in [-0.15, -0.1) is 0 Å². The smallest absolute Gasteiger partial charge is 0.221 e. The molecule has 2 aliphatic heterocycles. The molecule has 2 unspecified atom stereocenters. The molecule has 10 atom stereocenters. The molecule has 13 heteroatoms. The van der Waals surface area contributed by atoms with Crippen molar-refractivity contribution in [3.63, 3.8) is 0 Å². The fraction of sp³-hybridized carbons (Fsp3) is 1.00. The molecule has 2 aliphatic rings. The molecule has 0 saturated carbocycles. The van der Waals surface area contributed by atoms with Gasteiger partial charge in [-0.2, -0.15) is 0 Å². The van der Waals surface area contributed by atoms with Gasteiger partial charge in [-0.1, -0.05) is 0 Å². The predicted molar refractivity (Wildman–Crippen MR) is 75.8 cm³/mol. The minimum absolute atomic E-state index is 0.709. The molecule has 0 aliphatic carbocycles. The van der Waals surface area contributed by atoms with E-state index in [1.165, 1.54) is 0 Å². The van der Waals surface area contributed by atoms with E-state index < -0.39 is 80.4 Å². The summed E-state index contributed by atoms with van der Waals surface area (Å²) in [6.07, 6.45) is -14.9. The van der Waals surface area contributed by atoms with E-state index >= 15 is 0 Å². The van der Waals surface area contributed by atoms with Crippen molar-refractivity contribution in [1.29, 1.82) is 0 Å². The largest absolute Gasteiger partial charge is 0.391 e. The number of aliphatic hydroxyl groups excluding tert-OH is 8. The quantitative estimate of drug-likeness (QED) is 0.211. The topological polar surface area (TPSA) is 230 Å². The lowest BCUT2D eigenvalue weighted by molar-refractivity contribution is -0.407. The monoisotopic (exact) mass is 388 g/mol. The van der Waals surface area contributed by atoms with Gasteiger partial charge in [-0.3, -0.25) is 0 Å². The Kier molecular flexibility index (Phi) is 6.57. The van der Waals surface area contributed by atoms with E-state index in [9.17, 15) is 40.9 Å². The number of hydrogen-bond donors (Lipinski definition) is 10. The van der Waals surface area contributed by atoms with Gasteiger partial charge < -0.3 is 65.3 Å². The highest BCUT2D eigenvalue weighted by Gasteiger charge is 2.55. The summed E-state index contributed by atoms with van der Waals surface area (Å²) in [7, 11) is 0. The molecule has 0 aromatic heterocycles. The summed E-state index contributed by atoms with van der Waals surface area (Å²) in [6.45, 7) is -2.97. The van der Waals surface area contributed by atoms with Crippen LogP contribution in [0.1, 0.15) is 0 Å². The van der Waals surface area contributed by atoms with Gasteiger partial charge in [0.1, 0.15) is 42.7 Å². The SMILES string of the molecule is OC[C@]1(O)OC(COC2O[C@@](O)(CO)[C@@H](O)[C@H](O)[C@@H]2O)[C@@H](O)[C@@H](O)[C@@H]1O. The summed E-state index contributed by atoms with van der Waals surface area (Å²) >= 11 is 0. The van der Waals surface area contributed by atoms with Crippen LogP contribution in [0.2, 0.25) is 0 Å². The Morgan fingerprint density at radius 1 is 0.692 bits per heavy atom. The second-order valence-corrected chi connectivity index (χ2v) is 6.33. The fourth-order valence-electron chi connectivity index (χ4n) is 2.75. The molecule has 13 nitrogen and oxygen atoms in total. The number of hydrogen-bond acceptors (Lipinski definition) is 13. The Morgan fingerprint density at radius 2 is 1.15 bits per heavy atom. The molecular formula is C13H24O13. The highest BCUT2D eigenvalue weighted by Crippen LogP contribution is 2.31. The Labute approximate surface area is 146 Å². The number of rotatable bonds is 5. The number of ether oxygens (including phenoxy) is 3. The average Bonchev–Trinajstić information content (AvgIpc) is 2.64. The molecule has 0 bridgehead atoms. The van der Waals surface area contributed by atoms with E-state index in [0.29, 0.717) is 0 Å². The lowest BCUT2D eigenvalue weighted by atomic mass is 9.93. The Bertz CT molecular complexity index is 437. The van der Waals surface area contributed by atoms with Crippen LogP contribution >= 0.6 is 0 Å². The lowest BCUT2D eigenvalue weighted by Gasteiger charge is -2.47. The zero-order valence-corrected chi connectivity index (χ0v) is 13.4. The van der Waals surface area contributed by atoms with Crippen LogP contribution in [-0.4, -0.2) is 131 Å². The van der Waals surface area contributed by atoms with Crippen molar-refractivity contribution in [2.45, 2.75) is 60.6 Å². The van der Waals surface area contributed by atoms with E-state index in [4.69, 9.17) is 24.4 Å². The van der Waals surface area contributed by atoms with Crippen molar-refractivity contribution in [3.05, 3.63) is 0 Å². The molecule has 0 radical (unpaired) electrons. The Morgan fingerprint density at radius 3 is 1.65 bits per heavy atom. The first-order valence-corrected chi connectivity index (χ1v) is 7.73. The highest BCUT2D eigenvalue weighted by molar-refractivity contribution is 4.97. The van der Waals surface area contributed by atoms with E-state index in [1.54, 1.807) is 0 Å². The van der Waals surface area contributed by atoms with Crippen molar-refractivity contribution in [2.24, 2.45) is 0 Å². The van der Waals surface area contributed by atoms with E-state index in [-0.39, 0.29) is 0 Å². The normalized spacial score (nSPS) is 52.8. The van der Waals surface area contributed by atoms with Gasteiger partial charge in [0, 0.05) is 0 Å². The Balaban J connectivity index is 2.07. The standard InChI is InChI=1S/C13H24O13/c14-2-12(22)9(20)6(17)5(16)4(25-12)1-24-11-8(19)7(18)10(21)13(23,3-15)26-11/h4-11,14-23H,1-3H2/t4?,5-,6-,7-,8+,9+,10+,11?,12+,13+/m1/s1. The molecule has 0 spiro atoms. The lowest BCUT2D eigenvalue weighted by Crippen LogP contribution is -2.68. The summed E-state index contributed by atoms with van der Waals surface area (Å²) in [5.41, 5.74) is 0. The van der Waals surface area contributed by atoms with Crippen LogP contribution in [0.5, 0.6) is 0 Å². The fourth-order valence-corrected chi connectivity index (χ4v) is 2.75. The highest BCUT2D eigenvalue weighted by atomic mass is 16.8. The summed E-state index contributed by atoms with van der Waals surface area (Å²) in [6, 6.07) is 0. The van der Waals surface area contributed by atoms with Gasteiger partial charge in [0.15, 0.2) is 6.29 Å². The third-order valence-corrected chi connectivity index (χ3v) is 4.48. The van der Waals surface area contributed by atoms with Gasteiger partial charge in [0.2, 0.25) is 11.6 Å². The average molecular weight is 388 g/mol. The van der Waals surface area contributed by atoms with Crippen LogP contribution in [-0.2, 0) is 14.2 Å². The van der Waals surface area contributed by atoms with E-state index in [1.807, 2.05) is 0 Å². The summed E-state index contributed by atoms with van der Waals surface area (Å²) in [5, 5.41) is 96.4. The third kappa shape index (κ3) is 3.72. The van der Waals surface area contributed by atoms with E-state index in [0.717, 1.165) is 0 Å². The second-order valence-electron chi connectivity index (χ2n) is 6.33. The van der Waals surface area contributed by atoms with Crippen LogP contribution in [0, 0.1) is 0 Å². The molecule has 154 valence electrons. The maximum atomic E-state index is 9.92. The summed E-state index contributed by atoms with van der Waals surface area (Å²) in [5.74, 6) is -5.24. The van der Waals surface area contributed by atoms with Crippen molar-refractivity contribution in [2.75, 3.05) is 19.8 Å². The molecular weight excluding hydrogens is 364 g/mol.